The van der Waals surface area contributed by atoms with Crippen molar-refractivity contribution in [2.75, 3.05) is 13.7 Å². The summed E-state index contributed by atoms with van der Waals surface area (Å²) in [5.41, 5.74) is 4.96. The largest absolute Gasteiger partial charge is 0.496 e. The van der Waals surface area contributed by atoms with E-state index in [4.69, 9.17) is 14.5 Å². The minimum atomic E-state index is -0.182. The van der Waals surface area contributed by atoms with E-state index in [1.54, 1.807) is 19.2 Å². The Morgan fingerprint density at radius 2 is 1.78 bits per heavy atom. The summed E-state index contributed by atoms with van der Waals surface area (Å²) in [6.07, 6.45) is 1.86. The SMILES string of the molecule is COc1ccccc1C(=O)NCc1nc2ccccc2n1CCCCOc1cc(C)ccc1C(C)C. The summed E-state index contributed by atoms with van der Waals surface area (Å²) in [6.45, 7) is 8.27. The molecule has 1 heterocycles. The van der Waals surface area contributed by atoms with E-state index in [2.05, 4.69) is 54.9 Å². The van der Waals surface area contributed by atoms with Gasteiger partial charge in [0.25, 0.3) is 5.91 Å². The second kappa shape index (κ2) is 11.8. The van der Waals surface area contributed by atoms with Crippen molar-refractivity contribution in [3.63, 3.8) is 0 Å². The molecule has 0 radical (unpaired) electrons. The number of amides is 1. The lowest BCUT2D eigenvalue weighted by Crippen LogP contribution is -2.25. The highest BCUT2D eigenvalue weighted by Gasteiger charge is 2.15. The van der Waals surface area contributed by atoms with Gasteiger partial charge in [0.05, 0.1) is 36.9 Å². The zero-order valence-electron chi connectivity index (χ0n) is 21.6. The average Bonchev–Trinajstić information content (AvgIpc) is 3.24. The molecule has 188 valence electrons. The number of nitrogens with one attached hydrogen (secondary N) is 1. The molecule has 1 N–H and O–H groups in total. The minimum Gasteiger partial charge on any atom is -0.496 e. The molecule has 1 aromatic heterocycles. The number of aryl methyl sites for hydroxylation is 2. The van der Waals surface area contributed by atoms with Crippen molar-refractivity contribution in [2.24, 2.45) is 0 Å². The normalized spacial score (nSPS) is 11.1. The standard InChI is InChI=1S/C30H35N3O3/c1-21(2)23-16-15-22(3)19-28(23)36-18-10-9-17-33-26-13-7-6-12-25(26)32-29(33)20-31-30(34)24-11-5-8-14-27(24)35-4/h5-8,11-16,19,21H,9-10,17-18,20H2,1-4H3,(H,31,34). The van der Waals surface area contributed by atoms with Crippen molar-refractivity contribution in [3.05, 3.63) is 89.2 Å². The third-order valence-corrected chi connectivity index (χ3v) is 6.32. The van der Waals surface area contributed by atoms with Gasteiger partial charge >= 0.3 is 0 Å². The van der Waals surface area contributed by atoms with Crippen LogP contribution in [0, 0.1) is 6.92 Å². The van der Waals surface area contributed by atoms with Crippen LogP contribution in [0.15, 0.2) is 66.7 Å². The maximum Gasteiger partial charge on any atom is 0.255 e. The van der Waals surface area contributed by atoms with Gasteiger partial charge in [-0.3, -0.25) is 4.79 Å². The lowest BCUT2D eigenvalue weighted by molar-refractivity contribution is 0.0946. The molecule has 0 saturated carbocycles. The van der Waals surface area contributed by atoms with Crippen LogP contribution in [0.25, 0.3) is 11.0 Å². The van der Waals surface area contributed by atoms with Gasteiger partial charge in [0, 0.05) is 6.54 Å². The molecule has 4 rings (SSSR count). The van der Waals surface area contributed by atoms with Gasteiger partial charge in [-0.2, -0.15) is 0 Å². The Balaban J connectivity index is 1.40. The van der Waals surface area contributed by atoms with Gasteiger partial charge in [0.15, 0.2) is 0 Å². The summed E-state index contributed by atoms with van der Waals surface area (Å²) < 4.78 is 13.7. The fourth-order valence-corrected chi connectivity index (χ4v) is 4.39. The maximum absolute atomic E-state index is 12.8. The van der Waals surface area contributed by atoms with Gasteiger partial charge in [0.2, 0.25) is 0 Å². The number of carbonyl (C=O) groups excluding carboxylic acids is 1. The molecule has 36 heavy (non-hydrogen) atoms. The Bertz CT molecular complexity index is 1330. The van der Waals surface area contributed by atoms with Crippen LogP contribution in [-0.4, -0.2) is 29.2 Å². The van der Waals surface area contributed by atoms with E-state index in [0.717, 1.165) is 42.0 Å². The number of ether oxygens (including phenoxy) is 2. The highest BCUT2D eigenvalue weighted by Crippen LogP contribution is 2.28. The molecule has 0 fully saturated rings. The number of rotatable bonds is 11. The zero-order valence-corrected chi connectivity index (χ0v) is 21.6. The molecular weight excluding hydrogens is 450 g/mol. The third kappa shape index (κ3) is 5.88. The molecule has 0 bridgehead atoms. The van der Waals surface area contributed by atoms with Gasteiger partial charge in [0.1, 0.15) is 17.3 Å². The molecule has 0 aliphatic heterocycles. The van der Waals surface area contributed by atoms with Crippen LogP contribution in [0.5, 0.6) is 11.5 Å². The number of aromatic nitrogens is 2. The van der Waals surface area contributed by atoms with Crippen molar-refractivity contribution in [1.29, 1.82) is 0 Å². The smallest absolute Gasteiger partial charge is 0.255 e. The van der Waals surface area contributed by atoms with Crippen LogP contribution in [-0.2, 0) is 13.1 Å². The summed E-state index contributed by atoms with van der Waals surface area (Å²) in [5, 5.41) is 3.01. The van der Waals surface area contributed by atoms with Gasteiger partial charge in [-0.1, -0.05) is 50.2 Å². The van der Waals surface area contributed by atoms with Gasteiger partial charge in [-0.05, 0) is 67.1 Å². The van der Waals surface area contributed by atoms with E-state index in [1.807, 2.05) is 30.3 Å². The topological polar surface area (TPSA) is 65.4 Å². The number of para-hydroxylation sites is 3. The Labute approximate surface area is 213 Å². The maximum atomic E-state index is 12.8. The van der Waals surface area contributed by atoms with E-state index in [1.165, 1.54) is 11.1 Å². The number of benzene rings is 3. The fourth-order valence-electron chi connectivity index (χ4n) is 4.39. The molecule has 1 amide bonds. The third-order valence-electron chi connectivity index (χ3n) is 6.32. The van der Waals surface area contributed by atoms with Gasteiger partial charge in [-0.25, -0.2) is 4.98 Å². The van der Waals surface area contributed by atoms with Crippen LogP contribution < -0.4 is 14.8 Å². The number of hydrogen-bond donors (Lipinski definition) is 1. The van der Waals surface area contributed by atoms with Crippen LogP contribution in [0.3, 0.4) is 0 Å². The first-order valence-electron chi connectivity index (χ1n) is 12.6. The summed E-state index contributed by atoms with van der Waals surface area (Å²) in [5.74, 6) is 2.61. The molecule has 6 heteroatoms. The van der Waals surface area contributed by atoms with E-state index < -0.39 is 0 Å². The zero-order chi connectivity index (χ0) is 25.5. The molecular formula is C30H35N3O3. The number of imidazole rings is 1. The molecule has 0 saturated heterocycles. The first kappa shape index (κ1) is 25.3. The summed E-state index contributed by atoms with van der Waals surface area (Å²) in [7, 11) is 1.57. The van der Waals surface area contributed by atoms with Crippen molar-refractivity contribution in [3.8, 4) is 11.5 Å². The molecule has 0 spiro atoms. The minimum absolute atomic E-state index is 0.182. The molecule has 0 unspecified atom stereocenters. The van der Waals surface area contributed by atoms with Gasteiger partial charge < -0.3 is 19.4 Å². The summed E-state index contributed by atoms with van der Waals surface area (Å²) >= 11 is 0. The van der Waals surface area contributed by atoms with Crippen LogP contribution >= 0.6 is 0 Å². The number of carbonyl (C=O) groups is 1. The van der Waals surface area contributed by atoms with Crippen molar-refractivity contribution >= 4 is 16.9 Å². The van der Waals surface area contributed by atoms with Crippen molar-refractivity contribution in [2.45, 2.75) is 52.6 Å². The Morgan fingerprint density at radius 3 is 2.58 bits per heavy atom. The van der Waals surface area contributed by atoms with Crippen LogP contribution in [0.1, 0.15) is 59.9 Å². The monoisotopic (exact) mass is 485 g/mol. The number of methoxy groups -OCH3 is 1. The predicted molar refractivity (Wildman–Crippen MR) is 144 cm³/mol. The van der Waals surface area contributed by atoms with E-state index in [9.17, 15) is 4.79 Å². The lowest BCUT2D eigenvalue weighted by Gasteiger charge is -2.15. The Hall–Kier alpha value is -3.80. The molecule has 6 nitrogen and oxygen atoms in total. The summed E-state index contributed by atoms with van der Waals surface area (Å²) in [6, 6.07) is 21.7. The quantitative estimate of drug-likeness (QED) is 0.255. The fraction of sp³-hybridized carbons (Fsp3) is 0.333. The van der Waals surface area contributed by atoms with E-state index in [-0.39, 0.29) is 5.91 Å². The molecule has 3 aromatic carbocycles. The Kier molecular flexibility index (Phi) is 8.26. The predicted octanol–water partition coefficient (Wildman–Crippen LogP) is 6.27. The summed E-state index contributed by atoms with van der Waals surface area (Å²) in [4.78, 5) is 17.6. The molecule has 0 aliphatic carbocycles. The number of hydrogen-bond acceptors (Lipinski definition) is 4. The van der Waals surface area contributed by atoms with Crippen LogP contribution in [0.4, 0.5) is 0 Å². The lowest BCUT2D eigenvalue weighted by atomic mass is 10.0. The number of unbranched alkanes of at least 4 members (excludes halogenated alkanes) is 1. The van der Waals surface area contributed by atoms with E-state index in [0.29, 0.717) is 30.4 Å². The van der Waals surface area contributed by atoms with Crippen molar-refractivity contribution in [1.82, 2.24) is 14.9 Å². The average molecular weight is 486 g/mol. The highest BCUT2D eigenvalue weighted by molar-refractivity contribution is 5.96. The van der Waals surface area contributed by atoms with E-state index >= 15 is 0 Å². The first-order valence-corrected chi connectivity index (χ1v) is 12.6. The van der Waals surface area contributed by atoms with Crippen LogP contribution in [0.2, 0.25) is 0 Å². The molecule has 0 aliphatic rings. The van der Waals surface area contributed by atoms with Gasteiger partial charge in [-0.15, -0.1) is 0 Å². The molecule has 4 aromatic rings. The molecule has 0 atom stereocenters. The highest BCUT2D eigenvalue weighted by atomic mass is 16.5. The number of fused-ring (bicyclic) bond motifs is 1. The first-order chi connectivity index (χ1) is 17.5. The van der Waals surface area contributed by atoms with Crippen molar-refractivity contribution < 1.29 is 14.3 Å². The Morgan fingerprint density at radius 1 is 1.00 bits per heavy atom. The number of nitrogens with zero attached hydrogens (tertiary/aromatic N) is 2. The second-order valence-corrected chi connectivity index (χ2v) is 9.30. The second-order valence-electron chi connectivity index (χ2n) is 9.30.